The lowest BCUT2D eigenvalue weighted by atomic mass is 9.79. The molecule has 16 heteroatoms. The first-order valence-electron chi connectivity index (χ1n) is 15.6. The quantitative estimate of drug-likeness (QED) is 0.296. The Bertz CT molecular complexity index is 1930. The number of benzene rings is 3. The molecule has 0 radical (unpaired) electrons. The molecule has 11 nitrogen and oxygen atoms in total. The van der Waals surface area contributed by atoms with E-state index in [-0.39, 0.29) is 52.2 Å². The number of aliphatic hydroxyl groups excluding tert-OH is 1. The number of aliphatic hydroxyl groups is 1. The first-order chi connectivity index (χ1) is 23.4. The summed E-state index contributed by atoms with van der Waals surface area (Å²) in [5.41, 5.74) is -1.52. The number of alkyl halides is 3. The Morgan fingerprint density at radius 2 is 1.76 bits per heavy atom. The molecule has 5 rings (SSSR count). The third-order valence-corrected chi connectivity index (χ3v) is 11.2. The zero-order chi connectivity index (χ0) is 36.9. The van der Waals surface area contributed by atoms with Gasteiger partial charge in [0.2, 0.25) is 5.91 Å². The van der Waals surface area contributed by atoms with Crippen molar-refractivity contribution in [2.24, 2.45) is 0 Å². The highest BCUT2D eigenvalue weighted by Gasteiger charge is 2.64. The standard InChI is InChI=1S/C34H37ClF3N3O8S/c1-7-19(2)20-8-12-28(48-6)25(14-20)33(40-18-22(42)16-27(40)31(43)39(3)4)24-15-21(35)9-11-26(24)41(32(33)44)50(45,46)30-13-10-23(47-5)17-29(30)49-34(36,37)38/h8-15,17,19,22,27,42H,7,16,18H2,1-6H3/t19?,22-,27+,33?/m1/s1. The first-order valence-corrected chi connectivity index (χ1v) is 17.4. The molecule has 1 saturated heterocycles. The van der Waals surface area contributed by atoms with Gasteiger partial charge in [-0.25, -0.2) is 12.7 Å². The summed E-state index contributed by atoms with van der Waals surface area (Å²) in [4.78, 5) is 31.0. The van der Waals surface area contributed by atoms with Crippen LogP contribution >= 0.6 is 11.6 Å². The number of carbonyl (C=O) groups is 2. The van der Waals surface area contributed by atoms with Crippen molar-refractivity contribution in [2.45, 2.75) is 61.5 Å². The highest BCUT2D eigenvalue weighted by atomic mass is 35.5. The Morgan fingerprint density at radius 3 is 2.36 bits per heavy atom. The van der Waals surface area contributed by atoms with E-state index in [4.69, 9.17) is 21.1 Å². The predicted octanol–water partition coefficient (Wildman–Crippen LogP) is 5.27. The molecule has 2 unspecified atom stereocenters. The van der Waals surface area contributed by atoms with Gasteiger partial charge in [0.1, 0.15) is 16.4 Å². The maximum atomic E-state index is 15.5. The van der Waals surface area contributed by atoms with Crippen LogP contribution < -0.4 is 18.5 Å². The number of methoxy groups -OCH3 is 2. The molecule has 0 aromatic heterocycles. The Balaban J connectivity index is 1.90. The van der Waals surface area contributed by atoms with Gasteiger partial charge < -0.3 is 24.2 Å². The lowest BCUT2D eigenvalue weighted by Gasteiger charge is -2.42. The van der Waals surface area contributed by atoms with Gasteiger partial charge >= 0.3 is 6.36 Å². The molecule has 0 spiro atoms. The monoisotopic (exact) mass is 739 g/mol. The van der Waals surface area contributed by atoms with E-state index in [0.717, 1.165) is 23.8 Å². The Kier molecular flexibility index (Phi) is 10.1. The van der Waals surface area contributed by atoms with E-state index in [9.17, 15) is 31.5 Å². The van der Waals surface area contributed by atoms with Crippen LogP contribution in [0, 0.1) is 0 Å². The molecule has 4 atom stereocenters. The van der Waals surface area contributed by atoms with E-state index >= 15 is 4.79 Å². The number of fused-ring (bicyclic) bond motifs is 1. The third-order valence-electron chi connectivity index (χ3n) is 9.19. The van der Waals surface area contributed by atoms with Crippen LogP contribution in [-0.4, -0.2) is 88.5 Å². The second-order valence-electron chi connectivity index (χ2n) is 12.4. The molecule has 0 bridgehead atoms. The summed E-state index contributed by atoms with van der Waals surface area (Å²) < 4.78 is 85.7. The summed E-state index contributed by atoms with van der Waals surface area (Å²) in [6, 6.07) is 10.7. The van der Waals surface area contributed by atoms with E-state index in [2.05, 4.69) is 4.74 Å². The van der Waals surface area contributed by atoms with Gasteiger partial charge in [-0.15, -0.1) is 13.2 Å². The van der Waals surface area contributed by atoms with Crippen LogP contribution in [0.2, 0.25) is 5.02 Å². The summed E-state index contributed by atoms with van der Waals surface area (Å²) in [5, 5.41) is 11.2. The fourth-order valence-corrected chi connectivity index (χ4v) is 8.41. The van der Waals surface area contributed by atoms with Gasteiger partial charge in [0, 0.05) is 42.9 Å². The number of amides is 2. The van der Waals surface area contributed by atoms with Crippen LogP contribution in [0.3, 0.4) is 0 Å². The molecule has 0 saturated carbocycles. The van der Waals surface area contributed by atoms with Crippen molar-refractivity contribution in [3.8, 4) is 17.2 Å². The number of rotatable bonds is 10. The molecule has 1 N–H and O–H groups in total. The summed E-state index contributed by atoms with van der Waals surface area (Å²) >= 11 is 6.55. The number of likely N-dealkylation sites (tertiary alicyclic amines) is 1. The number of ether oxygens (including phenoxy) is 3. The fraction of sp³-hybridized carbons (Fsp3) is 0.412. The second kappa shape index (κ2) is 13.6. The average molecular weight is 740 g/mol. The van der Waals surface area contributed by atoms with Crippen LogP contribution in [0.5, 0.6) is 17.2 Å². The van der Waals surface area contributed by atoms with Gasteiger partial charge in [-0.3, -0.25) is 14.5 Å². The maximum Gasteiger partial charge on any atom is 0.573 e. The van der Waals surface area contributed by atoms with Crippen molar-refractivity contribution >= 4 is 39.1 Å². The molecular weight excluding hydrogens is 703 g/mol. The minimum atomic E-state index is -5.31. The molecular formula is C34H37ClF3N3O8S. The minimum absolute atomic E-state index is 0.00985. The number of hydrogen-bond donors (Lipinski definition) is 1. The lowest BCUT2D eigenvalue weighted by molar-refractivity contribution is -0.275. The first kappa shape index (κ1) is 37.2. The predicted molar refractivity (Wildman–Crippen MR) is 178 cm³/mol. The molecule has 2 heterocycles. The van der Waals surface area contributed by atoms with Crippen molar-refractivity contribution in [2.75, 3.05) is 39.2 Å². The van der Waals surface area contributed by atoms with E-state index in [0.29, 0.717) is 10.7 Å². The van der Waals surface area contributed by atoms with Crippen molar-refractivity contribution in [1.82, 2.24) is 9.80 Å². The summed E-state index contributed by atoms with van der Waals surface area (Å²) in [6.45, 7) is 3.66. The van der Waals surface area contributed by atoms with Crippen LogP contribution in [0.15, 0.2) is 59.5 Å². The molecule has 3 aromatic carbocycles. The SMILES string of the molecule is CCC(C)c1ccc(OC)c(C2(N3C[C@H](O)C[C@H]3C(=O)N(C)C)C(=O)N(S(=O)(=O)c3ccc(OC)cc3OC(F)(F)F)c3ccc(Cl)cc32)c1. The number of hydrogen-bond acceptors (Lipinski definition) is 9. The van der Waals surface area contributed by atoms with Crippen molar-refractivity contribution in [3.05, 3.63) is 76.3 Å². The molecule has 0 aliphatic carbocycles. The summed E-state index contributed by atoms with van der Waals surface area (Å²) in [6.07, 6.45) is -5.85. The van der Waals surface area contributed by atoms with E-state index in [1.165, 1.54) is 56.3 Å². The normalized spacial score (nSPS) is 21.6. The van der Waals surface area contributed by atoms with Crippen molar-refractivity contribution < 1.29 is 50.5 Å². The molecule has 50 heavy (non-hydrogen) atoms. The van der Waals surface area contributed by atoms with Crippen LogP contribution in [0.4, 0.5) is 18.9 Å². The van der Waals surface area contributed by atoms with Crippen molar-refractivity contribution in [3.63, 3.8) is 0 Å². The molecule has 2 aliphatic rings. The van der Waals surface area contributed by atoms with Gasteiger partial charge in [0.05, 0.1) is 32.1 Å². The number of carbonyl (C=O) groups excluding carboxylic acids is 2. The fourth-order valence-electron chi connectivity index (χ4n) is 6.68. The number of likely N-dealkylation sites (N-methyl/N-ethyl adjacent to an activating group) is 1. The van der Waals surface area contributed by atoms with Gasteiger partial charge in [0.15, 0.2) is 11.3 Å². The number of halogens is 4. The van der Waals surface area contributed by atoms with Crippen LogP contribution in [0.25, 0.3) is 0 Å². The minimum Gasteiger partial charge on any atom is -0.497 e. The second-order valence-corrected chi connectivity index (χ2v) is 14.6. The van der Waals surface area contributed by atoms with Gasteiger partial charge in [-0.1, -0.05) is 31.5 Å². The maximum absolute atomic E-state index is 15.5. The van der Waals surface area contributed by atoms with Gasteiger partial charge in [0.25, 0.3) is 15.9 Å². The Labute approximate surface area is 293 Å². The smallest absolute Gasteiger partial charge is 0.497 e. The third kappa shape index (κ3) is 6.24. The topological polar surface area (TPSA) is 126 Å². The lowest BCUT2D eigenvalue weighted by Crippen LogP contribution is -2.59. The van der Waals surface area contributed by atoms with E-state index in [1.807, 2.05) is 13.8 Å². The largest absolute Gasteiger partial charge is 0.573 e. The number of anilines is 1. The summed E-state index contributed by atoms with van der Waals surface area (Å²) in [5.74, 6) is -2.80. The Morgan fingerprint density at radius 1 is 1.06 bits per heavy atom. The summed E-state index contributed by atoms with van der Waals surface area (Å²) in [7, 11) is 0.317. The van der Waals surface area contributed by atoms with Crippen molar-refractivity contribution in [1.29, 1.82) is 0 Å². The zero-order valence-electron chi connectivity index (χ0n) is 28.1. The number of nitrogens with zero attached hydrogens (tertiary/aromatic N) is 3. The highest BCUT2D eigenvalue weighted by Crippen LogP contribution is 2.56. The molecule has 2 aliphatic heterocycles. The van der Waals surface area contributed by atoms with E-state index in [1.54, 1.807) is 18.2 Å². The molecule has 2 amide bonds. The molecule has 3 aromatic rings. The Hall–Kier alpha value is -4.05. The number of sulfonamides is 1. The van der Waals surface area contributed by atoms with Crippen LogP contribution in [-0.2, 0) is 25.2 Å². The highest BCUT2D eigenvalue weighted by molar-refractivity contribution is 7.93. The molecule has 1 fully saturated rings. The average Bonchev–Trinajstić information content (AvgIpc) is 3.57. The van der Waals surface area contributed by atoms with Gasteiger partial charge in [-0.05, 0) is 66.8 Å². The van der Waals surface area contributed by atoms with Crippen LogP contribution in [0.1, 0.15) is 49.3 Å². The van der Waals surface area contributed by atoms with E-state index < -0.39 is 56.5 Å². The molecule has 270 valence electrons. The number of β-amino-alcohol motifs (C(OH)–C–C–N with tert-alkyl or cyclic N) is 1. The van der Waals surface area contributed by atoms with Gasteiger partial charge in [-0.2, -0.15) is 0 Å². The zero-order valence-corrected chi connectivity index (χ0v) is 29.7.